The number of nitrogens with one attached hydrogen (secondary N) is 1. The molecule has 0 fully saturated rings. The number of hydrogen-bond acceptors (Lipinski definition) is 5. The Bertz CT molecular complexity index is 690. The minimum atomic E-state index is 0.431. The highest BCUT2D eigenvalue weighted by Gasteiger charge is 2.02. The fourth-order valence-corrected chi connectivity index (χ4v) is 1.78. The molecule has 0 unspecified atom stereocenters. The summed E-state index contributed by atoms with van der Waals surface area (Å²) in [5, 5.41) is 4.27. The van der Waals surface area contributed by atoms with Crippen LogP contribution in [-0.2, 0) is 0 Å². The van der Waals surface area contributed by atoms with Crippen LogP contribution in [0.1, 0.15) is 0 Å². The first-order valence-electron chi connectivity index (χ1n) is 5.51. The van der Waals surface area contributed by atoms with E-state index in [9.17, 15) is 0 Å². The third-order valence-corrected chi connectivity index (χ3v) is 2.58. The Morgan fingerprint density at radius 3 is 2.78 bits per heavy atom. The molecule has 0 bridgehead atoms. The molecule has 88 valence electrons. The zero-order valence-corrected chi connectivity index (χ0v) is 9.54. The van der Waals surface area contributed by atoms with Crippen molar-refractivity contribution < 1.29 is 0 Å². The second-order valence-electron chi connectivity index (χ2n) is 3.83. The van der Waals surface area contributed by atoms with Gasteiger partial charge < -0.3 is 11.1 Å². The summed E-state index contributed by atoms with van der Waals surface area (Å²) in [4.78, 5) is 12.3. The van der Waals surface area contributed by atoms with Crippen molar-refractivity contribution in [1.82, 2.24) is 15.0 Å². The Morgan fingerprint density at radius 1 is 1.00 bits per heavy atom. The molecule has 0 aliphatic rings. The van der Waals surface area contributed by atoms with Crippen LogP contribution in [0.2, 0.25) is 0 Å². The van der Waals surface area contributed by atoms with Gasteiger partial charge in [-0.15, -0.1) is 0 Å². The second kappa shape index (κ2) is 4.29. The fourth-order valence-electron chi connectivity index (χ4n) is 1.78. The van der Waals surface area contributed by atoms with Crippen LogP contribution >= 0.6 is 0 Å². The monoisotopic (exact) mass is 237 g/mol. The van der Waals surface area contributed by atoms with E-state index >= 15 is 0 Å². The number of aromatic nitrogens is 3. The first-order chi connectivity index (χ1) is 8.83. The fraction of sp³-hybridized carbons (Fsp3) is 0. The van der Waals surface area contributed by atoms with E-state index in [4.69, 9.17) is 5.73 Å². The molecule has 0 saturated carbocycles. The lowest BCUT2D eigenvalue weighted by atomic mass is 10.2. The number of rotatable bonds is 2. The van der Waals surface area contributed by atoms with E-state index in [-0.39, 0.29) is 0 Å². The summed E-state index contributed by atoms with van der Waals surface area (Å²) in [6.07, 6.45) is 3.19. The smallest absolute Gasteiger partial charge is 0.135 e. The maximum absolute atomic E-state index is 5.62. The van der Waals surface area contributed by atoms with Gasteiger partial charge in [-0.2, -0.15) is 0 Å². The first-order valence-corrected chi connectivity index (χ1v) is 5.51. The minimum absolute atomic E-state index is 0.431. The largest absolute Gasteiger partial charge is 0.384 e. The van der Waals surface area contributed by atoms with Crippen molar-refractivity contribution in [3.63, 3.8) is 0 Å². The number of benzene rings is 1. The molecule has 2 aromatic heterocycles. The van der Waals surface area contributed by atoms with Crippen molar-refractivity contribution in [2.24, 2.45) is 0 Å². The third kappa shape index (κ3) is 1.93. The van der Waals surface area contributed by atoms with E-state index in [1.165, 1.54) is 6.33 Å². The average molecular weight is 237 g/mol. The Balaban J connectivity index is 2.05. The molecule has 0 radical (unpaired) electrons. The van der Waals surface area contributed by atoms with Gasteiger partial charge in [0.25, 0.3) is 0 Å². The van der Waals surface area contributed by atoms with E-state index in [0.717, 1.165) is 16.6 Å². The normalized spacial score (nSPS) is 10.4. The molecule has 3 rings (SSSR count). The summed E-state index contributed by atoms with van der Waals surface area (Å²) in [5.41, 5.74) is 7.41. The average Bonchev–Trinajstić information content (AvgIpc) is 2.39. The molecule has 2 heterocycles. The summed E-state index contributed by atoms with van der Waals surface area (Å²) in [5.74, 6) is 1.08. The standard InChI is InChI=1S/C13H11N5/c14-11-7-12(17-8-16-11)18-10-5-1-3-9-4-2-6-15-13(9)10/h1-8H,(H3,14,16,17,18). The summed E-state index contributed by atoms with van der Waals surface area (Å²) in [6.45, 7) is 0. The Labute approximate surface area is 104 Å². The second-order valence-corrected chi connectivity index (χ2v) is 3.83. The summed E-state index contributed by atoms with van der Waals surface area (Å²) < 4.78 is 0. The van der Waals surface area contributed by atoms with Crippen molar-refractivity contribution in [3.05, 3.63) is 48.9 Å². The van der Waals surface area contributed by atoms with Crippen molar-refractivity contribution in [2.75, 3.05) is 11.1 Å². The van der Waals surface area contributed by atoms with Gasteiger partial charge in [-0.05, 0) is 12.1 Å². The van der Waals surface area contributed by atoms with Gasteiger partial charge in [0.2, 0.25) is 0 Å². The van der Waals surface area contributed by atoms with Gasteiger partial charge in [0.05, 0.1) is 11.2 Å². The van der Waals surface area contributed by atoms with E-state index < -0.39 is 0 Å². The quantitative estimate of drug-likeness (QED) is 0.715. The molecule has 0 aliphatic heterocycles. The lowest BCUT2D eigenvalue weighted by Gasteiger charge is -2.08. The molecule has 3 aromatic rings. The van der Waals surface area contributed by atoms with Crippen LogP contribution in [0.4, 0.5) is 17.3 Å². The molecule has 0 aliphatic carbocycles. The van der Waals surface area contributed by atoms with Crippen LogP contribution in [-0.4, -0.2) is 15.0 Å². The Hall–Kier alpha value is -2.69. The molecule has 0 amide bonds. The zero-order valence-electron chi connectivity index (χ0n) is 9.54. The van der Waals surface area contributed by atoms with Crippen LogP contribution in [0, 0.1) is 0 Å². The predicted octanol–water partition coefficient (Wildman–Crippen LogP) is 2.35. The first kappa shape index (κ1) is 10.5. The number of fused-ring (bicyclic) bond motifs is 1. The van der Waals surface area contributed by atoms with Crippen LogP contribution in [0.25, 0.3) is 10.9 Å². The van der Waals surface area contributed by atoms with Crippen LogP contribution in [0.3, 0.4) is 0 Å². The number of pyridine rings is 1. The summed E-state index contributed by atoms with van der Waals surface area (Å²) in [6, 6.07) is 11.5. The molecule has 18 heavy (non-hydrogen) atoms. The maximum atomic E-state index is 5.62. The van der Waals surface area contributed by atoms with E-state index in [2.05, 4.69) is 20.3 Å². The van der Waals surface area contributed by atoms with Crippen LogP contribution < -0.4 is 11.1 Å². The van der Waals surface area contributed by atoms with Crippen LogP contribution in [0.5, 0.6) is 0 Å². The van der Waals surface area contributed by atoms with Crippen molar-refractivity contribution >= 4 is 28.2 Å². The van der Waals surface area contributed by atoms with Gasteiger partial charge in [0, 0.05) is 17.6 Å². The molecular weight excluding hydrogens is 226 g/mol. The minimum Gasteiger partial charge on any atom is -0.384 e. The Kier molecular flexibility index (Phi) is 2.49. The van der Waals surface area contributed by atoms with E-state index in [0.29, 0.717) is 11.6 Å². The summed E-state index contributed by atoms with van der Waals surface area (Å²) >= 11 is 0. The molecule has 0 atom stereocenters. The number of anilines is 3. The van der Waals surface area contributed by atoms with E-state index in [1.807, 2.05) is 30.3 Å². The molecule has 5 nitrogen and oxygen atoms in total. The van der Waals surface area contributed by atoms with Gasteiger partial charge in [-0.25, -0.2) is 9.97 Å². The highest BCUT2D eigenvalue weighted by molar-refractivity contribution is 5.91. The van der Waals surface area contributed by atoms with Gasteiger partial charge in [-0.1, -0.05) is 18.2 Å². The molecule has 3 N–H and O–H groups in total. The predicted molar refractivity (Wildman–Crippen MR) is 71.5 cm³/mol. The van der Waals surface area contributed by atoms with Gasteiger partial charge in [-0.3, -0.25) is 4.98 Å². The number of nitrogens with zero attached hydrogens (tertiary/aromatic N) is 3. The highest BCUT2D eigenvalue weighted by Crippen LogP contribution is 2.23. The van der Waals surface area contributed by atoms with Gasteiger partial charge >= 0.3 is 0 Å². The highest BCUT2D eigenvalue weighted by atomic mass is 15.0. The molecular formula is C13H11N5. The number of hydrogen-bond donors (Lipinski definition) is 2. The third-order valence-electron chi connectivity index (χ3n) is 2.58. The number of para-hydroxylation sites is 1. The van der Waals surface area contributed by atoms with Crippen molar-refractivity contribution in [3.8, 4) is 0 Å². The van der Waals surface area contributed by atoms with Gasteiger partial charge in [0.1, 0.15) is 18.0 Å². The molecule has 0 saturated heterocycles. The molecule has 1 aromatic carbocycles. The lowest BCUT2D eigenvalue weighted by Crippen LogP contribution is -1.98. The SMILES string of the molecule is Nc1cc(Nc2cccc3cccnc23)ncn1. The number of nitrogens with two attached hydrogens (primary N) is 1. The molecule has 0 spiro atoms. The topological polar surface area (TPSA) is 76.7 Å². The van der Waals surface area contributed by atoms with Gasteiger partial charge in [0.15, 0.2) is 0 Å². The van der Waals surface area contributed by atoms with E-state index in [1.54, 1.807) is 12.3 Å². The lowest BCUT2D eigenvalue weighted by molar-refractivity contribution is 1.18. The van der Waals surface area contributed by atoms with Crippen LogP contribution in [0.15, 0.2) is 48.9 Å². The number of nitrogen functional groups attached to an aromatic ring is 1. The zero-order chi connectivity index (χ0) is 12.4. The maximum Gasteiger partial charge on any atom is 0.135 e. The van der Waals surface area contributed by atoms with Crippen molar-refractivity contribution in [2.45, 2.75) is 0 Å². The van der Waals surface area contributed by atoms with Crippen molar-refractivity contribution in [1.29, 1.82) is 0 Å². The Morgan fingerprint density at radius 2 is 1.89 bits per heavy atom. The molecule has 5 heteroatoms. The summed E-state index contributed by atoms with van der Waals surface area (Å²) in [7, 11) is 0.